The van der Waals surface area contributed by atoms with Crippen LogP contribution in [0.4, 0.5) is 5.82 Å². The number of hydrogen-bond acceptors (Lipinski definition) is 5. The number of nitrogens with zero attached hydrogens (tertiary/aromatic N) is 6. The van der Waals surface area contributed by atoms with Crippen molar-refractivity contribution in [2.75, 3.05) is 37.6 Å². The second kappa shape index (κ2) is 6.65. The molecule has 0 aliphatic carbocycles. The number of aryl methyl sites for hydroxylation is 1. The molecule has 0 radical (unpaired) electrons. The molecule has 2 aliphatic heterocycles. The maximum absolute atomic E-state index is 4.55. The zero-order valence-corrected chi connectivity index (χ0v) is 16.4. The molecule has 26 heavy (non-hydrogen) atoms. The van der Waals surface area contributed by atoms with Gasteiger partial charge in [-0.1, -0.05) is 20.8 Å². The number of fused-ring (bicyclic) bond motifs is 1. The Bertz CT molecular complexity index is 748. The summed E-state index contributed by atoms with van der Waals surface area (Å²) >= 11 is 0. The topological polar surface area (TPSA) is 50.1 Å². The molecule has 0 N–H and O–H groups in total. The molecule has 0 bridgehead atoms. The fourth-order valence-electron chi connectivity index (χ4n) is 4.22. The third-order valence-electron chi connectivity index (χ3n) is 5.71. The van der Waals surface area contributed by atoms with Crippen molar-refractivity contribution in [2.45, 2.75) is 39.7 Å². The standard InChI is InChI=1S/C20H30N6/c1-15-8-23-26(9-15)6-5-24-10-16-12-25(13-17(16)11-24)19-7-18(20(2,3)4)21-14-22-19/h7-9,14,16-17H,5-6,10-13H2,1-4H3. The molecular formula is C20H30N6. The summed E-state index contributed by atoms with van der Waals surface area (Å²) in [4.78, 5) is 14.1. The Morgan fingerprint density at radius 2 is 1.77 bits per heavy atom. The van der Waals surface area contributed by atoms with Gasteiger partial charge in [0.1, 0.15) is 12.1 Å². The Morgan fingerprint density at radius 1 is 1.04 bits per heavy atom. The van der Waals surface area contributed by atoms with Gasteiger partial charge < -0.3 is 9.80 Å². The SMILES string of the molecule is Cc1cnn(CCN2CC3CN(c4cc(C(C)(C)C)ncn4)CC3C2)c1. The molecule has 6 heteroatoms. The Hall–Kier alpha value is -1.95. The van der Waals surface area contributed by atoms with Gasteiger partial charge in [0, 0.05) is 50.4 Å². The van der Waals surface area contributed by atoms with Gasteiger partial charge in [-0.25, -0.2) is 9.97 Å². The largest absolute Gasteiger partial charge is 0.356 e. The molecule has 2 saturated heterocycles. The molecule has 2 atom stereocenters. The van der Waals surface area contributed by atoms with Gasteiger partial charge in [-0.05, 0) is 24.3 Å². The van der Waals surface area contributed by atoms with Crippen LogP contribution in [0.15, 0.2) is 24.8 Å². The fourth-order valence-corrected chi connectivity index (χ4v) is 4.22. The average Bonchev–Trinajstić information content (AvgIpc) is 3.26. The zero-order chi connectivity index (χ0) is 18.3. The lowest BCUT2D eigenvalue weighted by Gasteiger charge is -2.24. The van der Waals surface area contributed by atoms with Gasteiger partial charge in [-0.15, -0.1) is 0 Å². The highest BCUT2D eigenvalue weighted by Gasteiger charge is 2.40. The molecule has 2 aliphatic rings. The van der Waals surface area contributed by atoms with Crippen LogP contribution in [0.5, 0.6) is 0 Å². The van der Waals surface area contributed by atoms with Crippen molar-refractivity contribution in [3.05, 3.63) is 36.0 Å². The first-order valence-electron chi connectivity index (χ1n) is 9.67. The molecule has 2 fully saturated rings. The van der Waals surface area contributed by atoms with Gasteiger partial charge in [0.05, 0.1) is 18.4 Å². The van der Waals surface area contributed by atoms with Crippen LogP contribution >= 0.6 is 0 Å². The number of hydrogen-bond donors (Lipinski definition) is 0. The quantitative estimate of drug-likeness (QED) is 0.844. The lowest BCUT2D eigenvalue weighted by Crippen LogP contribution is -2.31. The second-order valence-corrected chi connectivity index (χ2v) is 8.98. The van der Waals surface area contributed by atoms with Crippen molar-refractivity contribution in [1.82, 2.24) is 24.6 Å². The Kier molecular flexibility index (Phi) is 4.47. The molecule has 2 unspecified atom stereocenters. The van der Waals surface area contributed by atoms with E-state index < -0.39 is 0 Å². The zero-order valence-electron chi connectivity index (χ0n) is 16.4. The third kappa shape index (κ3) is 3.61. The van der Waals surface area contributed by atoms with Gasteiger partial charge in [0.15, 0.2) is 0 Å². The summed E-state index contributed by atoms with van der Waals surface area (Å²) in [6.45, 7) is 15.4. The van der Waals surface area contributed by atoms with Crippen molar-refractivity contribution in [3.63, 3.8) is 0 Å². The number of likely N-dealkylation sites (tertiary alicyclic amines) is 1. The van der Waals surface area contributed by atoms with Crippen LogP contribution in [0.2, 0.25) is 0 Å². The van der Waals surface area contributed by atoms with Crippen LogP contribution < -0.4 is 4.90 Å². The van der Waals surface area contributed by atoms with Crippen LogP contribution in [-0.4, -0.2) is 57.4 Å². The molecular weight excluding hydrogens is 324 g/mol. The van der Waals surface area contributed by atoms with E-state index in [0.717, 1.165) is 49.5 Å². The first-order valence-corrected chi connectivity index (χ1v) is 9.67. The van der Waals surface area contributed by atoms with Crippen molar-refractivity contribution < 1.29 is 0 Å². The number of anilines is 1. The van der Waals surface area contributed by atoms with E-state index in [-0.39, 0.29) is 5.41 Å². The van der Waals surface area contributed by atoms with E-state index in [2.05, 4.69) is 69.5 Å². The average molecular weight is 355 g/mol. The van der Waals surface area contributed by atoms with Crippen LogP contribution in [0.1, 0.15) is 32.0 Å². The van der Waals surface area contributed by atoms with Crippen molar-refractivity contribution >= 4 is 5.82 Å². The van der Waals surface area contributed by atoms with Crippen LogP contribution in [0.25, 0.3) is 0 Å². The van der Waals surface area contributed by atoms with Crippen molar-refractivity contribution in [2.24, 2.45) is 11.8 Å². The van der Waals surface area contributed by atoms with Crippen molar-refractivity contribution in [3.8, 4) is 0 Å². The number of aromatic nitrogens is 4. The summed E-state index contributed by atoms with van der Waals surface area (Å²) in [5.74, 6) is 2.60. The summed E-state index contributed by atoms with van der Waals surface area (Å²) in [5.41, 5.74) is 2.42. The first-order chi connectivity index (χ1) is 12.4. The van der Waals surface area contributed by atoms with Crippen LogP contribution in [0.3, 0.4) is 0 Å². The maximum Gasteiger partial charge on any atom is 0.132 e. The maximum atomic E-state index is 4.55. The predicted octanol–water partition coefficient (Wildman–Crippen LogP) is 2.35. The Morgan fingerprint density at radius 3 is 2.38 bits per heavy atom. The Balaban J connectivity index is 1.33. The molecule has 0 amide bonds. The minimum Gasteiger partial charge on any atom is -0.356 e. The van der Waals surface area contributed by atoms with E-state index >= 15 is 0 Å². The number of rotatable bonds is 4. The fraction of sp³-hybridized carbons (Fsp3) is 0.650. The predicted molar refractivity (Wildman–Crippen MR) is 103 cm³/mol. The molecule has 0 spiro atoms. The highest BCUT2D eigenvalue weighted by atomic mass is 15.3. The van der Waals surface area contributed by atoms with Crippen LogP contribution in [-0.2, 0) is 12.0 Å². The van der Waals surface area contributed by atoms with Gasteiger partial charge in [-0.3, -0.25) is 4.68 Å². The normalized spacial score (nSPS) is 23.6. The van der Waals surface area contributed by atoms with Crippen LogP contribution in [0, 0.1) is 18.8 Å². The lowest BCUT2D eigenvalue weighted by molar-refractivity contribution is 0.296. The second-order valence-electron chi connectivity index (χ2n) is 8.98. The van der Waals surface area contributed by atoms with E-state index in [1.165, 1.54) is 18.7 Å². The van der Waals surface area contributed by atoms with Gasteiger partial charge in [-0.2, -0.15) is 5.10 Å². The molecule has 0 aromatic carbocycles. The van der Waals surface area contributed by atoms with E-state index in [1.807, 2.05) is 6.20 Å². The summed E-state index contributed by atoms with van der Waals surface area (Å²) in [6.07, 6.45) is 5.78. The highest BCUT2D eigenvalue weighted by Crippen LogP contribution is 2.34. The van der Waals surface area contributed by atoms with E-state index in [1.54, 1.807) is 6.33 Å². The minimum absolute atomic E-state index is 0.0644. The summed E-state index contributed by atoms with van der Waals surface area (Å²) in [5, 5.41) is 4.40. The molecule has 2 aromatic heterocycles. The molecule has 4 rings (SSSR count). The lowest BCUT2D eigenvalue weighted by atomic mass is 9.92. The molecule has 2 aromatic rings. The summed E-state index contributed by atoms with van der Waals surface area (Å²) < 4.78 is 2.06. The summed E-state index contributed by atoms with van der Waals surface area (Å²) in [6, 6.07) is 2.18. The minimum atomic E-state index is 0.0644. The monoisotopic (exact) mass is 354 g/mol. The molecule has 0 saturated carbocycles. The van der Waals surface area contributed by atoms with E-state index in [9.17, 15) is 0 Å². The third-order valence-corrected chi connectivity index (χ3v) is 5.71. The van der Waals surface area contributed by atoms with E-state index in [4.69, 9.17) is 0 Å². The van der Waals surface area contributed by atoms with Crippen molar-refractivity contribution in [1.29, 1.82) is 0 Å². The highest BCUT2D eigenvalue weighted by molar-refractivity contribution is 5.42. The molecule has 140 valence electrons. The molecule has 6 nitrogen and oxygen atoms in total. The first kappa shape index (κ1) is 17.5. The van der Waals surface area contributed by atoms with Gasteiger partial charge in [0.2, 0.25) is 0 Å². The van der Waals surface area contributed by atoms with Gasteiger partial charge >= 0.3 is 0 Å². The molecule has 4 heterocycles. The van der Waals surface area contributed by atoms with E-state index in [0.29, 0.717) is 0 Å². The van der Waals surface area contributed by atoms with Gasteiger partial charge in [0.25, 0.3) is 0 Å². The smallest absolute Gasteiger partial charge is 0.132 e. The summed E-state index contributed by atoms with van der Waals surface area (Å²) in [7, 11) is 0. The Labute approximate surface area is 156 Å².